The molecule has 0 saturated heterocycles. The van der Waals surface area contributed by atoms with Crippen molar-refractivity contribution >= 4 is 0 Å². The number of benzene rings is 2. The summed E-state index contributed by atoms with van der Waals surface area (Å²) in [4.78, 5) is 0. The second-order valence-corrected chi connectivity index (χ2v) is 9.08. The highest BCUT2D eigenvalue weighted by atomic mass is 79.9. The van der Waals surface area contributed by atoms with Crippen LogP contribution in [0.3, 0.4) is 0 Å². The molecule has 0 spiro atoms. The highest BCUT2D eigenvalue weighted by Gasteiger charge is 2.21. The standard InChI is InChI=1S/C28H36N4O2.2BrH/c1-29-21-31(19-25(29)27(33)23-13-7-5-8-14-23)17-11-3-4-12-18-32-20-26(30(2)22-32)28(34)24-15-9-6-10-16-24;;/h5-10,13-16,19-22,27-28,33-34H,3-4,11-12,17-18H2,1-2H3;2*1H/q+2;;/p-2/t27-,28-;;/m0../s1. The molecule has 0 aliphatic rings. The Hall–Kier alpha value is -2.26. The lowest BCUT2D eigenvalue weighted by atomic mass is 10.1. The summed E-state index contributed by atoms with van der Waals surface area (Å²) in [5.74, 6) is 0. The molecule has 0 radical (unpaired) electrons. The average Bonchev–Trinajstić information content (AvgIpc) is 3.43. The van der Waals surface area contributed by atoms with E-state index in [2.05, 4.69) is 34.2 Å². The minimum absolute atomic E-state index is 0. The smallest absolute Gasteiger partial charge is 0.243 e. The number of nitrogens with zero attached hydrogens (tertiary/aromatic N) is 4. The molecule has 0 bridgehead atoms. The van der Waals surface area contributed by atoms with Crippen LogP contribution in [0.4, 0.5) is 0 Å². The Balaban J connectivity index is 0.00000228. The van der Waals surface area contributed by atoms with Gasteiger partial charge >= 0.3 is 0 Å². The summed E-state index contributed by atoms with van der Waals surface area (Å²) in [6.07, 6.45) is 11.5. The van der Waals surface area contributed by atoms with E-state index in [0.29, 0.717) is 0 Å². The molecule has 0 aliphatic carbocycles. The van der Waals surface area contributed by atoms with Crippen molar-refractivity contribution in [2.24, 2.45) is 14.1 Å². The number of hydrogen-bond acceptors (Lipinski definition) is 2. The molecule has 0 fully saturated rings. The minimum Gasteiger partial charge on any atom is -1.00 e. The summed E-state index contributed by atoms with van der Waals surface area (Å²) >= 11 is 0. The van der Waals surface area contributed by atoms with Gasteiger partial charge in [0.1, 0.15) is 24.6 Å². The van der Waals surface area contributed by atoms with Crippen LogP contribution in [-0.4, -0.2) is 19.3 Å². The van der Waals surface area contributed by atoms with E-state index in [0.717, 1.165) is 61.3 Å². The molecule has 194 valence electrons. The Bertz CT molecular complexity index is 1090. The van der Waals surface area contributed by atoms with Crippen LogP contribution >= 0.6 is 0 Å². The molecule has 8 heteroatoms. The van der Waals surface area contributed by atoms with E-state index in [9.17, 15) is 10.2 Å². The molecular weight excluding hydrogens is 584 g/mol. The fourth-order valence-corrected chi connectivity index (χ4v) is 4.49. The number of unbranched alkanes of at least 4 members (excludes halogenated alkanes) is 3. The van der Waals surface area contributed by atoms with Crippen LogP contribution in [0.5, 0.6) is 0 Å². The number of aryl methyl sites for hydroxylation is 4. The first kappa shape index (κ1) is 30.0. The fraction of sp³-hybridized carbons (Fsp3) is 0.357. The highest BCUT2D eigenvalue weighted by Crippen LogP contribution is 2.21. The second-order valence-electron chi connectivity index (χ2n) is 9.08. The molecular formula is C28H36Br2N4O2. The topological polar surface area (TPSA) is 58.1 Å². The molecule has 2 aromatic heterocycles. The van der Waals surface area contributed by atoms with E-state index in [1.54, 1.807) is 0 Å². The Kier molecular flexibility index (Phi) is 12.0. The van der Waals surface area contributed by atoms with E-state index >= 15 is 0 Å². The molecule has 0 amide bonds. The number of rotatable bonds is 11. The summed E-state index contributed by atoms with van der Waals surface area (Å²) < 4.78 is 8.35. The van der Waals surface area contributed by atoms with Crippen molar-refractivity contribution in [3.63, 3.8) is 0 Å². The molecule has 2 heterocycles. The molecule has 6 nitrogen and oxygen atoms in total. The van der Waals surface area contributed by atoms with Crippen molar-refractivity contribution in [2.75, 3.05) is 0 Å². The number of imidazole rings is 2. The lowest BCUT2D eigenvalue weighted by molar-refractivity contribution is -0.698. The Morgan fingerprint density at radius 3 is 1.33 bits per heavy atom. The van der Waals surface area contributed by atoms with Crippen LogP contribution in [0.1, 0.15) is 60.4 Å². The van der Waals surface area contributed by atoms with Gasteiger partial charge in [-0.3, -0.25) is 0 Å². The van der Waals surface area contributed by atoms with Crippen molar-refractivity contribution in [2.45, 2.75) is 51.0 Å². The fourth-order valence-electron chi connectivity index (χ4n) is 4.49. The molecule has 2 aromatic carbocycles. The van der Waals surface area contributed by atoms with E-state index in [1.165, 1.54) is 0 Å². The maximum Gasteiger partial charge on any atom is 0.243 e. The monoisotopic (exact) mass is 618 g/mol. The lowest BCUT2D eigenvalue weighted by Gasteiger charge is -2.07. The zero-order valence-corrected chi connectivity index (χ0v) is 24.1. The van der Waals surface area contributed by atoms with Crippen LogP contribution in [0.25, 0.3) is 0 Å². The number of hydrogen-bond donors (Lipinski definition) is 2. The molecule has 4 rings (SSSR count). The molecule has 4 aromatic rings. The summed E-state index contributed by atoms with van der Waals surface area (Å²) in [5.41, 5.74) is 3.63. The van der Waals surface area contributed by atoms with Gasteiger partial charge in [0, 0.05) is 0 Å². The van der Waals surface area contributed by atoms with Gasteiger partial charge in [0.25, 0.3) is 0 Å². The van der Waals surface area contributed by atoms with Crippen LogP contribution in [0.15, 0.2) is 85.7 Å². The number of halogens is 2. The zero-order chi connectivity index (χ0) is 23.9. The number of aliphatic hydroxyl groups is 2. The van der Waals surface area contributed by atoms with Gasteiger partial charge in [-0.05, 0) is 36.8 Å². The second kappa shape index (κ2) is 14.5. The van der Waals surface area contributed by atoms with E-state index < -0.39 is 12.2 Å². The van der Waals surface area contributed by atoms with Gasteiger partial charge < -0.3 is 44.2 Å². The number of aliphatic hydroxyl groups excluding tert-OH is 2. The first-order valence-corrected chi connectivity index (χ1v) is 12.1. The Morgan fingerprint density at radius 2 is 0.972 bits per heavy atom. The van der Waals surface area contributed by atoms with Crippen molar-refractivity contribution in [1.82, 2.24) is 9.13 Å². The van der Waals surface area contributed by atoms with Gasteiger partial charge in [0.05, 0.1) is 27.2 Å². The van der Waals surface area contributed by atoms with Crippen LogP contribution in [0.2, 0.25) is 0 Å². The molecule has 0 unspecified atom stereocenters. The van der Waals surface area contributed by atoms with Crippen molar-refractivity contribution in [1.29, 1.82) is 0 Å². The van der Waals surface area contributed by atoms with E-state index in [1.807, 2.05) is 83.9 Å². The Labute approximate surface area is 235 Å². The summed E-state index contributed by atoms with van der Waals surface area (Å²) in [6, 6.07) is 19.6. The van der Waals surface area contributed by atoms with Gasteiger partial charge in [-0.15, -0.1) is 0 Å². The van der Waals surface area contributed by atoms with Crippen molar-refractivity contribution in [3.05, 3.63) is 108 Å². The third-order valence-electron chi connectivity index (χ3n) is 6.43. The predicted octanol–water partition coefficient (Wildman–Crippen LogP) is -2.63. The largest absolute Gasteiger partial charge is 1.00 e. The van der Waals surface area contributed by atoms with Crippen molar-refractivity contribution < 1.29 is 53.3 Å². The maximum atomic E-state index is 10.7. The predicted molar refractivity (Wildman–Crippen MR) is 131 cm³/mol. The van der Waals surface area contributed by atoms with Crippen LogP contribution in [-0.2, 0) is 27.2 Å². The third kappa shape index (κ3) is 7.62. The minimum atomic E-state index is -0.611. The SMILES string of the molecule is Cn1c[n+](CCCCCC[n+]2cc([C@@H](O)c3ccccc3)n(C)c2)cc1[C@@H](O)c1ccccc1.[Br-].[Br-]. The van der Waals surface area contributed by atoms with Gasteiger partial charge in [-0.2, -0.15) is 0 Å². The number of aromatic nitrogens is 4. The van der Waals surface area contributed by atoms with Crippen LogP contribution in [0, 0.1) is 0 Å². The summed E-state index contributed by atoms with van der Waals surface area (Å²) in [5, 5.41) is 21.4. The Morgan fingerprint density at radius 1 is 0.611 bits per heavy atom. The molecule has 2 N–H and O–H groups in total. The average molecular weight is 620 g/mol. The molecule has 2 atom stereocenters. The highest BCUT2D eigenvalue weighted by molar-refractivity contribution is 5.24. The third-order valence-corrected chi connectivity index (χ3v) is 6.43. The van der Waals surface area contributed by atoms with Gasteiger partial charge in [0.2, 0.25) is 12.7 Å². The van der Waals surface area contributed by atoms with Gasteiger partial charge in [-0.1, -0.05) is 60.7 Å². The van der Waals surface area contributed by atoms with Crippen LogP contribution < -0.4 is 43.1 Å². The van der Waals surface area contributed by atoms with Crippen molar-refractivity contribution in [3.8, 4) is 0 Å². The first-order valence-electron chi connectivity index (χ1n) is 12.1. The normalized spacial score (nSPS) is 12.4. The molecule has 0 saturated carbocycles. The van der Waals surface area contributed by atoms with E-state index in [4.69, 9.17) is 0 Å². The quantitative estimate of drug-likeness (QED) is 0.143. The lowest BCUT2D eigenvalue weighted by Crippen LogP contribution is -3.00. The molecule has 0 aliphatic heterocycles. The summed E-state index contributed by atoms with van der Waals surface area (Å²) in [7, 11) is 3.97. The van der Waals surface area contributed by atoms with Gasteiger partial charge in [-0.25, -0.2) is 18.3 Å². The van der Waals surface area contributed by atoms with E-state index in [-0.39, 0.29) is 34.0 Å². The zero-order valence-electron chi connectivity index (χ0n) is 20.9. The summed E-state index contributed by atoms with van der Waals surface area (Å²) in [6.45, 7) is 1.89. The van der Waals surface area contributed by atoms with Gasteiger partial charge in [0.15, 0.2) is 11.4 Å². The molecule has 36 heavy (non-hydrogen) atoms. The first-order chi connectivity index (χ1) is 16.5. The maximum absolute atomic E-state index is 10.7.